The van der Waals surface area contributed by atoms with E-state index in [4.69, 9.17) is 0 Å². The predicted octanol–water partition coefficient (Wildman–Crippen LogP) is 1.64. The summed E-state index contributed by atoms with van der Waals surface area (Å²) in [6.07, 6.45) is 0. The fourth-order valence-corrected chi connectivity index (χ4v) is 7.72. The summed E-state index contributed by atoms with van der Waals surface area (Å²) < 4.78 is 0. The minimum Gasteiger partial charge on any atom is -0.314 e. The molecule has 0 saturated carbocycles. The Morgan fingerprint density at radius 2 is 1.43 bits per heavy atom. The van der Waals surface area contributed by atoms with Gasteiger partial charge in [0, 0.05) is 30.8 Å². The SMILES string of the molecule is CC(C)(C)N1CCNCC1[SiH](c1ccccc1)c1ccccc1. The Morgan fingerprint density at radius 3 is 1.91 bits per heavy atom. The Hall–Kier alpha value is -1.42. The molecule has 1 fully saturated rings. The minimum atomic E-state index is -1.33. The molecule has 0 aromatic heterocycles. The lowest BCUT2D eigenvalue weighted by Crippen LogP contribution is -2.69. The van der Waals surface area contributed by atoms with Gasteiger partial charge in [0.25, 0.3) is 0 Å². The van der Waals surface area contributed by atoms with Crippen molar-refractivity contribution in [3.05, 3.63) is 60.7 Å². The number of benzene rings is 2. The average Bonchev–Trinajstić information content (AvgIpc) is 2.57. The van der Waals surface area contributed by atoms with Crippen LogP contribution in [0.15, 0.2) is 60.7 Å². The molecule has 1 aliphatic heterocycles. The lowest BCUT2D eigenvalue weighted by Gasteiger charge is -2.47. The van der Waals surface area contributed by atoms with Crippen molar-refractivity contribution < 1.29 is 0 Å². The summed E-state index contributed by atoms with van der Waals surface area (Å²) in [6.45, 7) is 10.4. The Balaban J connectivity index is 2.04. The Kier molecular flexibility index (Phi) is 5.00. The molecule has 3 rings (SSSR count). The lowest BCUT2D eigenvalue weighted by molar-refractivity contribution is 0.0967. The van der Waals surface area contributed by atoms with Gasteiger partial charge in [-0.05, 0) is 20.8 Å². The van der Waals surface area contributed by atoms with Gasteiger partial charge in [-0.1, -0.05) is 71.0 Å². The van der Waals surface area contributed by atoms with Gasteiger partial charge in [0.15, 0.2) is 0 Å². The molecule has 0 bridgehead atoms. The van der Waals surface area contributed by atoms with Crippen LogP contribution in [0.3, 0.4) is 0 Å². The van der Waals surface area contributed by atoms with Gasteiger partial charge in [-0.15, -0.1) is 0 Å². The maximum Gasteiger partial charge on any atom is 0.122 e. The molecule has 1 heterocycles. The maximum absolute atomic E-state index is 3.65. The van der Waals surface area contributed by atoms with Crippen LogP contribution in [0.25, 0.3) is 0 Å². The molecule has 2 aromatic carbocycles. The summed E-state index contributed by atoms with van der Waals surface area (Å²) in [5.74, 6) is 0. The number of hydrogen-bond acceptors (Lipinski definition) is 2. The number of nitrogens with one attached hydrogen (secondary N) is 1. The van der Waals surface area contributed by atoms with Gasteiger partial charge in [0.1, 0.15) is 8.80 Å². The zero-order valence-corrected chi connectivity index (χ0v) is 15.7. The summed E-state index contributed by atoms with van der Waals surface area (Å²) in [4.78, 5) is 2.74. The summed E-state index contributed by atoms with van der Waals surface area (Å²) >= 11 is 0. The van der Waals surface area contributed by atoms with Crippen molar-refractivity contribution in [2.45, 2.75) is 32.0 Å². The van der Waals surface area contributed by atoms with Crippen molar-refractivity contribution in [1.29, 1.82) is 0 Å². The van der Waals surface area contributed by atoms with Crippen LogP contribution in [-0.4, -0.2) is 44.5 Å². The molecule has 0 amide bonds. The van der Waals surface area contributed by atoms with E-state index in [2.05, 4.69) is 91.7 Å². The van der Waals surface area contributed by atoms with E-state index in [1.807, 2.05) is 0 Å². The van der Waals surface area contributed by atoms with Crippen LogP contribution in [0.1, 0.15) is 20.8 Å². The zero-order chi connectivity index (χ0) is 16.3. The Morgan fingerprint density at radius 1 is 0.913 bits per heavy atom. The fourth-order valence-electron chi connectivity index (χ4n) is 3.81. The first-order valence-corrected chi connectivity index (χ1v) is 10.5. The Bertz CT molecular complexity index is 567. The third kappa shape index (κ3) is 3.74. The highest BCUT2D eigenvalue weighted by Crippen LogP contribution is 2.20. The summed E-state index contributed by atoms with van der Waals surface area (Å²) in [5.41, 5.74) is 0.815. The topological polar surface area (TPSA) is 15.3 Å². The molecule has 1 N–H and O–H groups in total. The number of piperazine rings is 1. The summed E-state index contributed by atoms with van der Waals surface area (Å²) in [5, 5.41) is 6.74. The highest BCUT2D eigenvalue weighted by atomic mass is 28.3. The molecule has 122 valence electrons. The van der Waals surface area contributed by atoms with Gasteiger partial charge >= 0.3 is 0 Å². The maximum atomic E-state index is 3.65. The van der Waals surface area contributed by atoms with Crippen molar-refractivity contribution >= 4 is 19.2 Å². The van der Waals surface area contributed by atoms with Crippen molar-refractivity contribution in [3.63, 3.8) is 0 Å². The van der Waals surface area contributed by atoms with E-state index < -0.39 is 8.80 Å². The van der Waals surface area contributed by atoms with E-state index in [0.717, 1.165) is 19.6 Å². The highest BCUT2D eigenvalue weighted by Gasteiger charge is 2.38. The Labute approximate surface area is 142 Å². The molecule has 3 heteroatoms. The number of hydrogen-bond donors (Lipinski definition) is 1. The van der Waals surface area contributed by atoms with Gasteiger partial charge in [0.05, 0.1) is 0 Å². The van der Waals surface area contributed by atoms with Crippen LogP contribution >= 0.6 is 0 Å². The summed E-state index contributed by atoms with van der Waals surface area (Å²) in [7, 11) is -1.33. The van der Waals surface area contributed by atoms with Crippen LogP contribution < -0.4 is 15.7 Å². The number of nitrogens with zero attached hydrogens (tertiary/aromatic N) is 1. The molecule has 1 aliphatic rings. The lowest BCUT2D eigenvalue weighted by atomic mass is 10.1. The van der Waals surface area contributed by atoms with E-state index >= 15 is 0 Å². The minimum absolute atomic E-state index is 0.210. The normalized spacial score (nSPS) is 19.9. The van der Waals surface area contributed by atoms with Crippen molar-refractivity contribution in [1.82, 2.24) is 10.2 Å². The first kappa shape index (κ1) is 16.4. The third-order valence-electron chi connectivity index (χ3n) is 4.85. The quantitative estimate of drug-likeness (QED) is 0.864. The summed E-state index contributed by atoms with van der Waals surface area (Å²) in [6, 6.07) is 22.3. The van der Waals surface area contributed by atoms with Crippen LogP contribution in [0.4, 0.5) is 0 Å². The molecule has 2 aromatic rings. The first-order valence-electron chi connectivity index (χ1n) is 8.65. The molecule has 23 heavy (non-hydrogen) atoms. The van der Waals surface area contributed by atoms with Gasteiger partial charge in [-0.25, -0.2) is 0 Å². The van der Waals surface area contributed by atoms with Gasteiger partial charge in [-0.3, -0.25) is 4.90 Å². The molecule has 0 aliphatic carbocycles. The molecule has 1 saturated heterocycles. The van der Waals surface area contributed by atoms with Gasteiger partial charge in [0.2, 0.25) is 0 Å². The highest BCUT2D eigenvalue weighted by molar-refractivity contribution is 6.86. The van der Waals surface area contributed by atoms with Crippen molar-refractivity contribution in [2.24, 2.45) is 0 Å². The molecular weight excluding hydrogens is 296 g/mol. The second-order valence-corrected chi connectivity index (χ2v) is 10.5. The monoisotopic (exact) mass is 324 g/mol. The second-order valence-electron chi connectivity index (χ2n) is 7.43. The largest absolute Gasteiger partial charge is 0.314 e. The molecule has 0 radical (unpaired) electrons. The molecule has 2 nitrogen and oxygen atoms in total. The fraction of sp³-hybridized carbons (Fsp3) is 0.400. The van der Waals surface area contributed by atoms with Gasteiger partial charge in [-0.2, -0.15) is 0 Å². The van der Waals surface area contributed by atoms with Gasteiger partial charge < -0.3 is 5.32 Å². The van der Waals surface area contributed by atoms with E-state index in [1.54, 1.807) is 10.4 Å². The molecule has 0 spiro atoms. The van der Waals surface area contributed by atoms with Crippen molar-refractivity contribution in [3.8, 4) is 0 Å². The van der Waals surface area contributed by atoms with E-state index in [0.29, 0.717) is 5.67 Å². The smallest absolute Gasteiger partial charge is 0.122 e. The zero-order valence-electron chi connectivity index (χ0n) is 14.5. The molecule has 1 unspecified atom stereocenters. The average molecular weight is 325 g/mol. The van der Waals surface area contributed by atoms with E-state index in [-0.39, 0.29) is 5.54 Å². The number of rotatable bonds is 3. The van der Waals surface area contributed by atoms with Crippen LogP contribution in [0.5, 0.6) is 0 Å². The van der Waals surface area contributed by atoms with Crippen molar-refractivity contribution in [2.75, 3.05) is 19.6 Å². The second kappa shape index (κ2) is 6.99. The third-order valence-corrected chi connectivity index (χ3v) is 8.42. The van der Waals surface area contributed by atoms with E-state index in [1.165, 1.54) is 0 Å². The van der Waals surface area contributed by atoms with Crippen LogP contribution in [0, 0.1) is 0 Å². The molecular formula is C20H28N2Si. The predicted molar refractivity (Wildman–Crippen MR) is 102 cm³/mol. The van der Waals surface area contributed by atoms with E-state index in [9.17, 15) is 0 Å². The molecule has 1 atom stereocenters. The standard InChI is InChI=1S/C20H28N2Si/c1-20(2,3)22-15-14-21-16-19(22)23(17-10-6-4-7-11-17)18-12-8-5-9-13-18/h4-13,19,21,23H,14-16H2,1-3H3. The van der Waals surface area contributed by atoms with Crippen LogP contribution in [-0.2, 0) is 0 Å². The first-order chi connectivity index (χ1) is 11.1. The van der Waals surface area contributed by atoms with Crippen LogP contribution in [0.2, 0.25) is 0 Å².